The van der Waals surface area contributed by atoms with E-state index in [2.05, 4.69) is 5.32 Å². The van der Waals surface area contributed by atoms with Gasteiger partial charge in [0.1, 0.15) is 0 Å². The number of carbonyl (C=O) groups is 1. The number of nitrogens with one attached hydrogen (secondary N) is 1. The Morgan fingerprint density at radius 1 is 1.15 bits per heavy atom. The molecule has 26 heavy (non-hydrogen) atoms. The molecule has 0 bridgehead atoms. The van der Waals surface area contributed by atoms with Crippen molar-refractivity contribution in [2.24, 2.45) is 0 Å². The molecule has 0 saturated carbocycles. The average Bonchev–Trinajstić information content (AvgIpc) is 2.56. The van der Waals surface area contributed by atoms with Gasteiger partial charge < -0.3 is 5.32 Å². The maximum absolute atomic E-state index is 12.1. The van der Waals surface area contributed by atoms with Crippen LogP contribution in [0.15, 0.2) is 48.5 Å². The van der Waals surface area contributed by atoms with Crippen LogP contribution in [0.25, 0.3) is 0 Å². The standard InChI is InChI=1S/C19H23ClN2O3S/c1-15-4-3-5-18(14-15)22(26(2,24)25)13-11-19(23)21-12-10-16-6-8-17(20)9-7-16/h3-9,14H,10-13H2,1-2H3,(H,21,23). The van der Waals surface area contributed by atoms with Crippen molar-refractivity contribution in [3.05, 3.63) is 64.7 Å². The smallest absolute Gasteiger partial charge is 0.232 e. The number of amides is 1. The van der Waals surface area contributed by atoms with Crippen LogP contribution in [-0.4, -0.2) is 33.7 Å². The van der Waals surface area contributed by atoms with Crippen LogP contribution in [0, 0.1) is 6.92 Å². The van der Waals surface area contributed by atoms with Crippen LogP contribution in [0.4, 0.5) is 5.69 Å². The van der Waals surface area contributed by atoms with E-state index < -0.39 is 10.0 Å². The van der Waals surface area contributed by atoms with E-state index >= 15 is 0 Å². The van der Waals surface area contributed by atoms with Gasteiger partial charge in [0.25, 0.3) is 0 Å². The molecule has 7 heteroatoms. The lowest BCUT2D eigenvalue weighted by molar-refractivity contribution is -0.120. The van der Waals surface area contributed by atoms with Gasteiger partial charge in [-0.1, -0.05) is 35.9 Å². The molecular formula is C19H23ClN2O3S. The molecule has 1 N–H and O–H groups in total. The van der Waals surface area contributed by atoms with Crippen molar-refractivity contribution in [2.75, 3.05) is 23.7 Å². The number of sulfonamides is 1. The molecule has 0 spiro atoms. The molecular weight excluding hydrogens is 372 g/mol. The van der Waals surface area contributed by atoms with Crippen molar-refractivity contribution >= 4 is 33.2 Å². The molecule has 0 atom stereocenters. The van der Waals surface area contributed by atoms with Crippen molar-refractivity contribution in [2.45, 2.75) is 19.8 Å². The highest BCUT2D eigenvalue weighted by Crippen LogP contribution is 2.19. The summed E-state index contributed by atoms with van der Waals surface area (Å²) >= 11 is 5.84. The summed E-state index contributed by atoms with van der Waals surface area (Å²) < 4.78 is 25.4. The molecule has 0 aromatic heterocycles. The summed E-state index contributed by atoms with van der Waals surface area (Å²) in [6.45, 7) is 2.49. The second-order valence-corrected chi connectivity index (χ2v) is 8.49. The van der Waals surface area contributed by atoms with Crippen molar-refractivity contribution in [3.8, 4) is 0 Å². The maximum Gasteiger partial charge on any atom is 0.232 e. The largest absolute Gasteiger partial charge is 0.356 e. The highest BCUT2D eigenvalue weighted by atomic mass is 35.5. The number of hydrogen-bond acceptors (Lipinski definition) is 3. The Morgan fingerprint density at radius 2 is 1.85 bits per heavy atom. The van der Waals surface area contributed by atoms with Gasteiger partial charge in [-0.05, 0) is 48.7 Å². The van der Waals surface area contributed by atoms with Crippen LogP contribution in [0.2, 0.25) is 5.02 Å². The van der Waals surface area contributed by atoms with Crippen molar-refractivity contribution in [3.63, 3.8) is 0 Å². The third kappa shape index (κ3) is 6.35. The number of halogens is 1. The second-order valence-electron chi connectivity index (χ2n) is 6.15. The molecule has 0 aliphatic carbocycles. The SMILES string of the molecule is Cc1cccc(N(CCC(=O)NCCc2ccc(Cl)cc2)S(C)(=O)=O)c1. The molecule has 0 radical (unpaired) electrons. The first-order valence-corrected chi connectivity index (χ1v) is 10.5. The van der Waals surface area contributed by atoms with E-state index in [-0.39, 0.29) is 18.9 Å². The van der Waals surface area contributed by atoms with Crippen molar-refractivity contribution in [1.82, 2.24) is 5.32 Å². The average molecular weight is 395 g/mol. The molecule has 0 heterocycles. The first kappa shape index (κ1) is 20.3. The van der Waals surface area contributed by atoms with Gasteiger partial charge in [0.2, 0.25) is 15.9 Å². The molecule has 140 valence electrons. The summed E-state index contributed by atoms with van der Waals surface area (Å²) in [7, 11) is -3.46. The summed E-state index contributed by atoms with van der Waals surface area (Å²) in [5.41, 5.74) is 2.61. The predicted molar refractivity (Wildman–Crippen MR) is 106 cm³/mol. The lowest BCUT2D eigenvalue weighted by Crippen LogP contribution is -2.35. The number of benzene rings is 2. The van der Waals surface area contributed by atoms with Gasteiger partial charge in [0.05, 0.1) is 11.9 Å². The van der Waals surface area contributed by atoms with Crippen LogP contribution in [-0.2, 0) is 21.2 Å². The maximum atomic E-state index is 12.1. The fourth-order valence-electron chi connectivity index (χ4n) is 2.56. The van der Waals surface area contributed by atoms with E-state index in [4.69, 9.17) is 11.6 Å². The second kappa shape index (κ2) is 9.05. The Bertz CT molecular complexity index is 851. The fraction of sp³-hybridized carbons (Fsp3) is 0.316. The third-order valence-electron chi connectivity index (χ3n) is 3.88. The first-order chi connectivity index (χ1) is 12.3. The predicted octanol–water partition coefficient (Wildman–Crippen LogP) is 3.16. The Hall–Kier alpha value is -2.05. The summed E-state index contributed by atoms with van der Waals surface area (Å²) in [5.74, 6) is -0.180. The zero-order chi connectivity index (χ0) is 19.2. The lowest BCUT2D eigenvalue weighted by atomic mass is 10.1. The minimum absolute atomic E-state index is 0.0988. The minimum Gasteiger partial charge on any atom is -0.356 e. The van der Waals surface area contributed by atoms with Crippen LogP contribution < -0.4 is 9.62 Å². The first-order valence-electron chi connectivity index (χ1n) is 8.31. The van der Waals surface area contributed by atoms with E-state index in [1.165, 1.54) is 4.31 Å². The van der Waals surface area contributed by atoms with Gasteiger partial charge in [-0.15, -0.1) is 0 Å². The van der Waals surface area contributed by atoms with Crippen LogP contribution in [0.3, 0.4) is 0 Å². The number of anilines is 1. The highest BCUT2D eigenvalue weighted by Gasteiger charge is 2.18. The normalized spacial score (nSPS) is 11.2. The van der Waals surface area contributed by atoms with E-state index in [9.17, 15) is 13.2 Å². The Balaban J connectivity index is 1.88. The molecule has 0 unspecified atom stereocenters. The Kier molecular flexibility index (Phi) is 7.06. The lowest BCUT2D eigenvalue weighted by Gasteiger charge is -2.22. The Labute approximate surface area is 160 Å². The van der Waals surface area contributed by atoms with Gasteiger partial charge >= 0.3 is 0 Å². The number of hydrogen-bond donors (Lipinski definition) is 1. The molecule has 0 aliphatic rings. The zero-order valence-corrected chi connectivity index (χ0v) is 16.5. The van der Waals surface area contributed by atoms with Crippen LogP contribution in [0.1, 0.15) is 17.5 Å². The van der Waals surface area contributed by atoms with E-state index in [1.807, 2.05) is 37.3 Å². The molecule has 2 rings (SSSR count). The minimum atomic E-state index is -3.46. The van der Waals surface area contributed by atoms with Crippen LogP contribution in [0.5, 0.6) is 0 Å². The quantitative estimate of drug-likeness (QED) is 0.747. The number of aryl methyl sites for hydroxylation is 1. The van der Waals surface area contributed by atoms with Gasteiger partial charge in [-0.25, -0.2) is 8.42 Å². The molecule has 1 amide bonds. The molecule has 0 saturated heterocycles. The fourth-order valence-corrected chi connectivity index (χ4v) is 3.60. The van der Waals surface area contributed by atoms with Crippen molar-refractivity contribution in [1.29, 1.82) is 0 Å². The molecule has 2 aromatic carbocycles. The van der Waals surface area contributed by atoms with Gasteiger partial charge in [-0.3, -0.25) is 9.10 Å². The molecule has 5 nitrogen and oxygen atoms in total. The van der Waals surface area contributed by atoms with E-state index in [0.717, 1.165) is 17.4 Å². The summed E-state index contributed by atoms with van der Waals surface area (Å²) in [4.78, 5) is 12.1. The van der Waals surface area contributed by atoms with Crippen molar-refractivity contribution < 1.29 is 13.2 Å². The summed E-state index contributed by atoms with van der Waals surface area (Å²) in [6.07, 6.45) is 1.94. The zero-order valence-electron chi connectivity index (χ0n) is 14.9. The van der Waals surface area contributed by atoms with Gasteiger partial charge in [0, 0.05) is 24.5 Å². The topological polar surface area (TPSA) is 66.5 Å². The summed E-state index contributed by atoms with van der Waals surface area (Å²) in [6, 6.07) is 14.7. The van der Waals surface area contributed by atoms with Crippen LogP contribution >= 0.6 is 11.6 Å². The van der Waals surface area contributed by atoms with E-state index in [1.54, 1.807) is 18.2 Å². The summed E-state index contributed by atoms with van der Waals surface area (Å²) in [5, 5.41) is 3.50. The molecule has 0 fully saturated rings. The molecule has 0 aliphatic heterocycles. The van der Waals surface area contributed by atoms with E-state index in [0.29, 0.717) is 23.7 Å². The third-order valence-corrected chi connectivity index (χ3v) is 5.33. The van der Waals surface area contributed by atoms with Gasteiger partial charge in [-0.2, -0.15) is 0 Å². The monoisotopic (exact) mass is 394 g/mol. The molecule has 2 aromatic rings. The number of nitrogens with zero attached hydrogens (tertiary/aromatic N) is 1. The Morgan fingerprint density at radius 3 is 2.46 bits per heavy atom. The number of rotatable bonds is 8. The van der Waals surface area contributed by atoms with Gasteiger partial charge in [0.15, 0.2) is 0 Å². The highest BCUT2D eigenvalue weighted by molar-refractivity contribution is 7.92. The number of carbonyl (C=O) groups excluding carboxylic acids is 1.